The van der Waals surface area contributed by atoms with E-state index < -0.39 is 0 Å². The third-order valence-corrected chi connectivity index (χ3v) is 4.14. The molecule has 15 heavy (non-hydrogen) atoms. The molecule has 3 heteroatoms. The minimum absolute atomic E-state index is 0.0401. The van der Waals surface area contributed by atoms with Crippen LogP contribution >= 0.6 is 0 Å². The highest BCUT2D eigenvalue weighted by atomic mass is 16.6. The van der Waals surface area contributed by atoms with Crippen LogP contribution in [0.4, 0.5) is 0 Å². The lowest BCUT2D eigenvalue weighted by molar-refractivity contribution is -0.146. The molecule has 0 aromatic rings. The van der Waals surface area contributed by atoms with E-state index in [9.17, 15) is 4.79 Å². The highest BCUT2D eigenvalue weighted by Crippen LogP contribution is 2.41. The average Bonchev–Trinajstić information content (AvgIpc) is 2.56. The first-order valence-corrected chi connectivity index (χ1v) is 6.16. The molecule has 2 heterocycles. The molecule has 2 aliphatic heterocycles. The summed E-state index contributed by atoms with van der Waals surface area (Å²) in [5, 5.41) is 0. The number of ether oxygens (including phenoxy) is 2. The molecule has 2 saturated heterocycles. The SMILES string of the molecule is O=C1OC2CC1CCC2C1CCCCO1. The molecule has 0 N–H and O–H groups in total. The van der Waals surface area contributed by atoms with Crippen molar-refractivity contribution in [2.24, 2.45) is 11.8 Å². The van der Waals surface area contributed by atoms with Crippen LogP contribution in [0.2, 0.25) is 0 Å². The van der Waals surface area contributed by atoms with E-state index >= 15 is 0 Å². The number of esters is 1. The summed E-state index contributed by atoms with van der Waals surface area (Å²) in [6.45, 7) is 0.894. The van der Waals surface area contributed by atoms with Crippen LogP contribution in [0, 0.1) is 11.8 Å². The second-order valence-corrected chi connectivity index (χ2v) is 5.05. The van der Waals surface area contributed by atoms with Crippen LogP contribution in [-0.2, 0) is 14.3 Å². The molecule has 0 aromatic carbocycles. The average molecular weight is 210 g/mol. The van der Waals surface area contributed by atoms with Crippen molar-refractivity contribution in [1.29, 1.82) is 0 Å². The fourth-order valence-corrected chi connectivity index (χ4v) is 3.28. The molecular formula is C12H18O3. The minimum Gasteiger partial charge on any atom is -0.462 e. The Balaban J connectivity index is 1.68. The molecule has 3 fully saturated rings. The molecular weight excluding hydrogens is 192 g/mol. The van der Waals surface area contributed by atoms with Gasteiger partial charge in [-0.05, 0) is 38.5 Å². The number of carbonyl (C=O) groups is 1. The molecule has 0 aromatic heterocycles. The van der Waals surface area contributed by atoms with E-state index in [0.717, 1.165) is 32.3 Å². The maximum absolute atomic E-state index is 11.4. The van der Waals surface area contributed by atoms with Gasteiger partial charge in [-0.15, -0.1) is 0 Å². The van der Waals surface area contributed by atoms with Gasteiger partial charge in [0.15, 0.2) is 0 Å². The number of fused-ring (bicyclic) bond motifs is 2. The fourth-order valence-electron chi connectivity index (χ4n) is 3.28. The van der Waals surface area contributed by atoms with Crippen molar-refractivity contribution in [3.63, 3.8) is 0 Å². The van der Waals surface area contributed by atoms with Gasteiger partial charge >= 0.3 is 5.97 Å². The number of rotatable bonds is 1. The van der Waals surface area contributed by atoms with Crippen LogP contribution in [0.3, 0.4) is 0 Å². The zero-order valence-electron chi connectivity index (χ0n) is 8.98. The summed E-state index contributed by atoms with van der Waals surface area (Å²) in [4.78, 5) is 11.4. The summed E-state index contributed by atoms with van der Waals surface area (Å²) in [5.41, 5.74) is 0. The molecule has 1 saturated carbocycles. The van der Waals surface area contributed by atoms with Crippen LogP contribution in [-0.4, -0.2) is 24.8 Å². The Morgan fingerprint density at radius 1 is 1.07 bits per heavy atom. The summed E-state index contributed by atoms with van der Waals surface area (Å²) in [6.07, 6.45) is 7.22. The predicted molar refractivity (Wildman–Crippen MR) is 54.3 cm³/mol. The van der Waals surface area contributed by atoms with Gasteiger partial charge in [0.25, 0.3) is 0 Å². The van der Waals surface area contributed by atoms with Crippen molar-refractivity contribution in [3.8, 4) is 0 Å². The topological polar surface area (TPSA) is 35.5 Å². The van der Waals surface area contributed by atoms with E-state index in [4.69, 9.17) is 9.47 Å². The maximum Gasteiger partial charge on any atom is 0.309 e. The highest BCUT2D eigenvalue weighted by Gasteiger charge is 2.46. The van der Waals surface area contributed by atoms with Crippen LogP contribution in [0.25, 0.3) is 0 Å². The lowest BCUT2D eigenvalue weighted by Crippen LogP contribution is -2.37. The first-order chi connectivity index (χ1) is 7.34. The van der Waals surface area contributed by atoms with Crippen molar-refractivity contribution in [2.75, 3.05) is 6.61 Å². The molecule has 84 valence electrons. The van der Waals surface area contributed by atoms with E-state index in [1.54, 1.807) is 0 Å². The summed E-state index contributed by atoms with van der Waals surface area (Å²) in [6, 6.07) is 0. The van der Waals surface area contributed by atoms with Crippen molar-refractivity contribution in [3.05, 3.63) is 0 Å². The molecule has 0 spiro atoms. The van der Waals surface area contributed by atoms with Gasteiger partial charge < -0.3 is 9.47 Å². The van der Waals surface area contributed by atoms with E-state index in [0.29, 0.717) is 12.0 Å². The van der Waals surface area contributed by atoms with Gasteiger partial charge in [-0.2, -0.15) is 0 Å². The largest absolute Gasteiger partial charge is 0.462 e. The van der Waals surface area contributed by atoms with Gasteiger partial charge in [-0.3, -0.25) is 4.79 Å². The van der Waals surface area contributed by atoms with Crippen LogP contribution in [0.5, 0.6) is 0 Å². The van der Waals surface area contributed by atoms with E-state index in [1.807, 2.05) is 0 Å². The quantitative estimate of drug-likeness (QED) is 0.620. The van der Waals surface area contributed by atoms with Gasteiger partial charge in [0.05, 0.1) is 12.0 Å². The molecule has 4 unspecified atom stereocenters. The predicted octanol–water partition coefficient (Wildman–Crippen LogP) is 1.90. The molecule has 0 amide bonds. The smallest absolute Gasteiger partial charge is 0.309 e. The van der Waals surface area contributed by atoms with E-state index in [2.05, 4.69) is 0 Å². The van der Waals surface area contributed by atoms with Crippen molar-refractivity contribution in [2.45, 2.75) is 50.7 Å². The summed E-state index contributed by atoms with van der Waals surface area (Å²) in [5.74, 6) is 0.723. The third-order valence-electron chi connectivity index (χ3n) is 4.14. The fraction of sp³-hybridized carbons (Fsp3) is 0.917. The standard InChI is InChI=1S/C12H18O3/c13-12-8-4-5-9(11(7-8)15-12)10-3-1-2-6-14-10/h8-11H,1-7H2. The Labute approximate surface area is 90.1 Å². The Bertz CT molecular complexity index is 258. The highest BCUT2D eigenvalue weighted by molar-refractivity contribution is 5.75. The number of hydrogen-bond donors (Lipinski definition) is 0. The second kappa shape index (κ2) is 3.78. The summed E-state index contributed by atoms with van der Waals surface area (Å²) in [7, 11) is 0. The Hall–Kier alpha value is -0.570. The maximum atomic E-state index is 11.4. The van der Waals surface area contributed by atoms with Crippen molar-refractivity contribution >= 4 is 5.97 Å². The molecule has 3 rings (SSSR count). The normalized spacial score (nSPS) is 45.2. The zero-order valence-corrected chi connectivity index (χ0v) is 8.98. The molecule has 1 aliphatic carbocycles. The van der Waals surface area contributed by atoms with Crippen LogP contribution in [0.1, 0.15) is 38.5 Å². The van der Waals surface area contributed by atoms with Crippen LogP contribution < -0.4 is 0 Å². The Morgan fingerprint density at radius 2 is 2.00 bits per heavy atom. The second-order valence-electron chi connectivity index (χ2n) is 5.05. The lowest BCUT2D eigenvalue weighted by atomic mass is 9.78. The first-order valence-electron chi connectivity index (χ1n) is 6.16. The molecule has 3 aliphatic rings. The third kappa shape index (κ3) is 1.67. The summed E-state index contributed by atoms with van der Waals surface area (Å²) >= 11 is 0. The molecule has 0 radical (unpaired) electrons. The van der Waals surface area contributed by atoms with Crippen molar-refractivity contribution < 1.29 is 14.3 Å². The molecule has 4 atom stereocenters. The number of carbonyl (C=O) groups excluding carboxylic acids is 1. The van der Waals surface area contributed by atoms with Gasteiger partial charge in [0.2, 0.25) is 0 Å². The number of hydrogen-bond acceptors (Lipinski definition) is 3. The van der Waals surface area contributed by atoms with Crippen LogP contribution in [0.15, 0.2) is 0 Å². The Kier molecular flexibility index (Phi) is 2.43. The lowest BCUT2D eigenvalue weighted by Gasteiger charge is -2.35. The molecule has 2 bridgehead atoms. The Morgan fingerprint density at radius 3 is 2.80 bits per heavy atom. The monoisotopic (exact) mass is 210 g/mol. The van der Waals surface area contributed by atoms with E-state index in [1.165, 1.54) is 12.8 Å². The first kappa shape index (κ1) is 9.64. The molecule has 3 nitrogen and oxygen atoms in total. The van der Waals surface area contributed by atoms with Crippen molar-refractivity contribution in [1.82, 2.24) is 0 Å². The van der Waals surface area contributed by atoms with Gasteiger partial charge in [-0.25, -0.2) is 0 Å². The van der Waals surface area contributed by atoms with Gasteiger partial charge in [0.1, 0.15) is 6.10 Å². The van der Waals surface area contributed by atoms with Gasteiger partial charge in [-0.1, -0.05) is 0 Å². The minimum atomic E-state index is 0.0401. The zero-order chi connectivity index (χ0) is 10.3. The summed E-state index contributed by atoms with van der Waals surface area (Å²) < 4.78 is 11.2. The van der Waals surface area contributed by atoms with Gasteiger partial charge in [0, 0.05) is 12.5 Å². The van der Waals surface area contributed by atoms with E-state index in [-0.39, 0.29) is 18.0 Å².